The van der Waals surface area contributed by atoms with E-state index in [1.54, 1.807) is 60.4 Å². The van der Waals surface area contributed by atoms with Gasteiger partial charge in [-0.3, -0.25) is 0 Å². The first kappa shape index (κ1) is 20.6. The number of thiocarbonyl (C=S) groups is 1. The van der Waals surface area contributed by atoms with Crippen molar-refractivity contribution in [2.24, 2.45) is 0 Å². The second kappa shape index (κ2) is 9.90. The number of aromatic nitrogens is 2. The van der Waals surface area contributed by atoms with Gasteiger partial charge in [0, 0.05) is 10.7 Å². The Morgan fingerprint density at radius 2 is 1.93 bits per heavy atom. The quantitative estimate of drug-likeness (QED) is 0.420. The molecule has 29 heavy (non-hydrogen) atoms. The lowest BCUT2D eigenvalue weighted by molar-refractivity contribution is 0.0526. The maximum Gasteiger partial charge on any atom is 0.338 e. The van der Waals surface area contributed by atoms with E-state index in [0.29, 0.717) is 33.7 Å². The van der Waals surface area contributed by atoms with Crippen LogP contribution in [-0.2, 0) is 11.5 Å². The Bertz CT molecular complexity index is 991. The topological polar surface area (TPSA) is 77.4 Å². The lowest BCUT2D eigenvalue weighted by Gasteiger charge is -2.09. The van der Waals surface area contributed by atoms with Crippen LogP contribution < -0.4 is 15.4 Å². The molecular formula is C20H19ClN4O3S. The predicted molar refractivity (Wildman–Crippen MR) is 117 cm³/mol. The van der Waals surface area contributed by atoms with Crippen LogP contribution in [0.25, 0.3) is 0 Å². The molecule has 0 aliphatic carbocycles. The number of ether oxygens (including phenoxy) is 2. The highest BCUT2D eigenvalue weighted by atomic mass is 35.5. The maximum absolute atomic E-state index is 11.7. The second-order valence-corrected chi connectivity index (χ2v) is 6.72. The van der Waals surface area contributed by atoms with E-state index in [0.717, 1.165) is 5.69 Å². The van der Waals surface area contributed by atoms with Gasteiger partial charge in [-0.25, -0.2) is 9.48 Å². The number of carbonyl (C=O) groups is 1. The smallest absolute Gasteiger partial charge is 0.338 e. The highest BCUT2D eigenvalue weighted by Crippen LogP contribution is 2.18. The van der Waals surface area contributed by atoms with Crippen LogP contribution in [0.1, 0.15) is 17.3 Å². The molecule has 2 N–H and O–H groups in total. The van der Waals surface area contributed by atoms with Crippen LogP contribution in [0.4, 0.5) is 11.4 Å². The van der Waals surface area contributed by atoms with Crippen LogP contribution in [0.3, 0.4) is 0 Å². The Hall–Kier alpha value is -3.10. The molecule has 9 heteroatoms. The predicted octanol–water partition coefficient (Wildman–Crippen LogP) is 4.56. The fourth-order valence-electron chi connectivity index (χ4n) is 2.39. The molecule has 0 amide bonds. The monoisotopic (exact) mass is 430 g/mol. The van der Waals surface area contributed by atoms with E-state index in [-0.39, 0.29) is 12.7 Å². The number of carbonyl (C=O) groups excluding carboxylic acids is 1. The zero-order valence-corrected chi connectivity index (χ0v) is 17.2. The molecule has 7 nitrogen and oxygen atoms in total. The summed E-state index contributed by atoms with van der Waals surface area (Å²) >= 11 is 11.2. The Kier molecular flexibility index (Phi) is 7.04. The Morgan fingerprint density at radius 3 is 2.66 bits per heavy atom. The van der Waals surface area contributed by atoms with Gasteiger partial charge in [0.05, 0.1) is 30.3 Å². The van der Waals surface area contributed by atoms with E-state index in [1.165, 1.54) is 0 Å². The molecule has 0 spiro atoms. The van der Waals surface area contributed by atoms with Gasteiger partial charge in [-0.2, -0.15) is 5.10 Å². The molecule has 0 aliphatic heterocycles. The summed E-state index contributed by atoms with van der Waals surface area (Å²) in [4.78, 5) is 11.7. The molecule has 150 valence electrons. The van der Waals surface area contributed by atoms with Crippen LogP contribution in [-0.4, -0.2) is 27.5 Å². The normalized spacial score (nSPS) is 10.3. The first-order valence-corrected chi connectivity index (χ1v) is 9.58. The molecule has 0 saturated heterocycles. The minimum absolute atomic E-state index is 0.234. The summed E-state index contributed by atoms with van der Waals surface area (Å²) in [6.45, 7) is 2.34. The SMILES string of the molecule is CCOC(=O)c1ccc(NC(=S)Nc2cnn(COc3cccc(Cl)c3)c2)cc1. The number of halogens is 1. The summed E-state index contributed by atoms with van der Waals surface area (Å²) in [7, 11) is 0. The van der Waals surface area contributed by atoms with Crippen LogP contribution >= 0.6 is 23.8 Å². The van der Waals surface area contributed by atoms with Crippen molar-refractivity contribution in [3.05, 3.63) is 71.5 Å². The molecule has 0 saturated carbocycles. The van der Waals surface area contributed by atoms with Gasteiger partial charge in [0.2, 0.25) is 0 Å². The van der Waals surface area contributed by atoms with E-state index in [2.05, 4.69) is 15.7 Å². The number of anilines is 2. The minimum atomic E-state index is -0.354. The average molecular weight is 431 g/mol. The van der Waals surface area contributed by atoms with Gasteiger partial charge in [0.15, 0.2) is 11.8 Å². The van der Waals surface area contributed by atoms with Crippen molar-refractivity contribution in [1.29, 1.82) is 0 Å². The third-order valence-corrected chi connectivity index (χ3v) is 4.14. The van der Waals surface area contributed by atoms with Crippen molar-refractivity contribution in [1.82, 2.24) is 9.78 Å². The van der Waals surface area contributed by atoms with Gasteiger partial charge >= 0.3 is 5.97 Å². The summed E-state index contributed by atoms with van der Waals surface area (Å²) < 4.78 is 12.2. The first-order chi connectivity index (χ1) is 14.0. The molecular weight excluding hydrogens is 412 g/mol. The van der Waals surface area contributed by atoms with Crippen LogP contribution in [0.2, 0.25) is 5.02 Å². The summed E-state index contributed by atoms with van der Waals surface area (Å²) in [6, 6.07) is 14.0. The van der Waals surface area contributed by atoms with Gasteiger partial charge in [0.1, 0.15) is 5.75 Å². The number of nitrogens with zero attached hydrogens (tertiary/aromatic N) is 2. The Balaban J connectivity index is 1.50. The number of nitrogens with one attached hydrogen (secondary N) is 2. The molecule has 1 aromatic heterocycles. The van der Waals surface area contributed by atoms with E-state index >= 15 is 0 Å². The van der Waals surface area contributed by atoms with E-state index in [1.807, 2.05) is 12.1 Å². The molecule has 3 aromatic rings. The van der Waals surface area contributed by atoms with Crippen molar-refractivity contribution < 1.29 is 14.3 Å². The molecule has 0 aliphatic rings. The molecule has 0 radical (unpaired) electrons. The fraction of sp³-hybridized carbons (Fsp3) is 0.150. The molecule has 3 rings (SSSR count). The Labute approximate surface area is 178 Å². The standard InChI is InChI=1S/C20H19ClN4O3S/c1-2-27-19(26)14-6-8-16(9-7-14)23-20(29)24-17-11-22-25(12-17)13-28-18-5-3-4-15(21)10-18/h3-12H,2,13H2,1H3,(H2,23,24,29). The van der Waals surface area contributed by atoms with Crippen molar-refractivity contribution in [2.45, 2.75) is 13.7 Å². The van der Waals surface area contributed by atoms with Crippen LogP contribution in [0.15, 0.2) is 60.9 Å². The van der Waals surface area contributed by atoms with Gasteiger partial charge < -0.3 is 20.1 Å². The highest BCUT2D eigenvalue weighted by molar-refractivity contribution is 7.80. The van der Waals surface area contributed by atoms with Crippen molar-refractivity contribution in [3.63, 3.8) is 0 Å². The molecule has 0 fully saturated rings. The third-order valence-electron chi connectivity index (χ3n) is 3.70. The number of rotatable bonds is 7. The minimum Gasteiger partial charge on any atom is -0.471 e. The van der Waals surface area contributed by atoms with Gasteiger partial charge in [-0.15, -0.1) is 0 Å². The number of benzene rings is 2. The summed E-state index contributed by atoms with van der Waals surface area (Å²) in [6.07, 6.45) is 3.40. The largest absolute Gasteiger partial charge is 0.471 e. The number of hydrogen-bond acceptors (Lipinski definition) is 5. The molecule has 0 bridgehead atoms. The average Bonchev–Trinajstić information content (AvgIpc) is 3.14. The first-order valence-electron chi connectivity index (χ1n) is 8.79. The second-order valence-electron chi connectivity index (χ2n) is 5.88. The summed E-state index contributed by atoms with van der Waals surface area (Å²) in [5.41, 5.74) is 1.94. The van der Waals surface area contributed by atoms with Gasteiger partial charge in [-0.05, 0) is 61.6 Å². The van der Waals surface area contributed by atoms with Crippen molar-refractivity contribution >= 4 is 46.3 Å². The van der Waals surface area contributed by atoms with E-state index < -0.39 is 0 Å². The van der Waals surface area contributed by atoms with Crippen LogP contribution in [0.5, 0.6) is 5.75 Å². The van der Waals surface area contributed by atoms with Crippen LogP contribution in [0, 0.1) is 0 Å². The fourth-order valence-corrected chi connectivity index (χ4v) is 2.81. The summed E-state index contributed by atoms with van der Waals surface area (Å²) in [5, 5.41) is 11.3. The van der Waals surface area contributed by atoms with E-state index in [9.17, 15) is 4.79 Å². The van der Waals surface area contributed by atoms with E-state index in [4.69, 9.17) is 33.3 Å². The van der Waals surface area contributed by atoms with Gasteiger partial charge in [-0.1, -0.05) is 17.7 Å². The highest BCUT2D eigenvalue weighted by Gasteiger charge is 2.07. The maximum atomic E-state index is 11.7. The zero-order valence-electron chi connectivity index (χ0n) is 15.6. The summed E-state index contributed by atoms with van der Waals surface area (Å²) in [5.74, 6) is 0.304. The molecule has 2 aromatic carbocycles. The number of esters is 1. The molecule has 1 heterocycles. The molecule has 0 atom stereocenters. The third kappa shape index (κ3) is 6.20. The lowest BCUT2D eigenvalue weighted by atomic mass is 10.2. The van der Waals surface area contributed by atoms with Crippen molar-refractivity contribution in [3.8, 4) is 5.75 Å². The molecule has 0 unspecified atom stereocenters. The lowest BCUT2D eigenvalue weighted by Crippen LogP contribution is -2.18. The number of hydrogen-bond donors (Lipinski definition) is 2. The van der Waals surface area contributed by atoms with Gasteiger partial charge in [0.25, 0.3) is 0 Å². The zero-order chi connectivity index (χ0) is 20.6. The van der Waals surface area contributed by atoms with Crippen molar-refractivity contribution in [2.75, 3.05) is 17.2 Å². The Morgan fingerprint density at radius 1 is 1.17 bits per heavy atom.